The molecule has 0 saturated carbocycles. The highest BCUT2D eigenvalue weighted by Gasteiger charge is 2.33. The SMILES string of the molecule is CCOC1=C=CC(OC(=O)c2ccn[nH]2)(c2ccccc2)C=C1. The number of H-pyrrole nitrogens is 1. The van der Waals surface area contributed by atoms with E-state index in [9.17, 15) is 4.79 Å². The van der Waals surface area contributed by atoms with Crippen LogP contribution in [-0.2, 0) is 15.1 Å². The number of esters is 1. The molecular weight excluding hydrogens is 292 g/mol. The van der Waals surface area contributed by atoms with Crippen molar-refractivity contribution in [3.63, 3.8) is 0 Å². The van der Waals surface area contributed by atoms with Crippen molar-refractivity contribution in [1.29, 1.82) is 0 Å². The molecule has 116 valence electrons. The van der Waals surface area contributed by atoms with Crippen molar-refractivity contribution in [2.75, 3.05) is 6.61 Å². The normalized spacial score (nSPS) is 19.3. The molecule has 0 amide bonds. The van der Waals surface area contributed by atoms with Crippen molar-refractivity contribution < 1.29 is 14.3 Å². The maximum absolute atomic E-state index is 12.3. The smallest absolute Gasteiger partial charge is 0.357 e. The van der Waals surface area contributed by atoms with E-state index in [0.29, 0.717) is 18.1 Å². The molecule has 5 nitrogen and oxygen atoms in total. The van der Waals surface area contributed by atoms with Crippen LogP contribution in [0.4, 0.5) is 0 Å². The molecule has 1 aromatic carbocycles. The molecule has 1 aliphatic rings. The van der Waals surface area contributed by atoms with Gasteiger partial charge in [-0.2, -0.15) is 5.10 Å². The molecule has 0 saturated heterocycles. The molecule has 1 aromatic heterocycles. The first-order chi connectivity index (χ1) is 11.2. The van der Waals surface area contributed by atoms with Crippen LogP contribution in [0.3, 0.4) is 0 Å². The molecule has 0 aliphatic heterocycles. The molecule has 1 unspecified atom stereocenters. The zero-order chi connectivity index (χ0) is 16.1. The molecule has 1 N–H and O–H groups in total. The summed E-state index contributed by atoms with van der Waals surface area (Å²) in [6.45, 7) is 2.45. The van der Waals surface area contributed by atoms with E-state index in [1.807, 2.05) is 37.3 Å². The number of carbonyl (C=O) groups is 1. The predicted octanol–water partition coefficient (Wildman–Crippen LogP) is 3.11. The third kappa shape index (κ3) is 3.10. The van der Waals surface area contributed by atoms with Crippen molar-refractivity contribution >= 4 is 5.97 Å². The Morgan fingerprint density at radius 2 is 2.13 bits per heavy atom. The lowest BCUT2D eigenvalue weighted by atomic mass is 9.91. The Kier molecular flexibility index (Phi) is 4.13. The molecule has 23 heavy (non-hydrogen) atoms. The highest BCUT2D eigenvalue weighted by Crippen LogP contribution is 2.32. The first-order valence-corrected chi connectivity index (χ1v) is 7.31. The second-order valence-electron chi connectivity index (χ2n) is 4.94. The minimum absolute atomic E-state index is 0.293. The fourth-order valence-electron chi connectivity index (χ4n) is 2.30. The summed E-state index contributed by atoms with van der Waals surface area (Å²) in [5, 5.41) is 6.39. The van der Waals surface area contributed by atoms with Gasteiger partial charge in [0.15, 0.2) is 11.4 Å². The largest absolute Gasteiger partial charge is 0.486 e. The van der Waals surface area contributed by atoms with Crippen LogP contribution in [0.2, 0.25) is 0 Å². The molecule has 1 atom stereocenters. The van der Waals surface area contributed by atoms with Crippen molar-refractivity contribution in [2.45, 2.75) is 12.5 Å². The average Bonchev–Trinajstić information content (AvgIpc) is 3.13. The third-order valence-corrected chi connectivity index (χ3v) is 3.42. The molecule has 0 fully saturated rings. The van der Waals surface area contributed by atoms with Gasteiger partial charge in [-0.15, -0.1) is 0 Å². The van der Waals surface area contributed by atoms with E-state index in [1.165, 1.54) is 6.20 Å². The van der Waals surface area contributed by atoms with Gasteiger partial charge in [-0.1, -0.05) is 36.1 Å². The molecule has 0 radical (unpaired) electrons. The number of rotatable bonds is 5. The number of aromatic amines is 1. The van der Waals surface area contributed by atoms with E-state index >= 15 is 0 Å². The van der Waals surface area contributed by atoms with Crippen LogP contribution in [0.15, 0.2) is 72.3 Å². The fourth-order valence-corrected chi connectivity index (χ4v) is 2.30. The number of nitrogens with one attached hydrogen (secondary N) is 1. The summed E-state index contributed by atoms with van der Waals surface area (Å²) in [4.78, 5) is 12.3. The molecule has 2 aromatic rings. The molecule has 1 aliphatic carbocycles. The monoisotopic (exact) mass is 308 g/mol. The summed E-state index contributed by atoms with van der Waals surface area (Å²) in [6, 6.07) is 11.1. The van der Waals surface area contributed by atoms with E-state index in [-0.39, 0.29) is 0 Å². The van der Waals surface area contributed by atoms with E-state index in [1.54, 1.807) is 24.3 Å². The molecular formula is C18H16N2O3. The zero-order valence-corrected chi connectivity index (χ0v) is 12.7. The number of hydrogen-bond donors (Lipinski definition) is 1. The summed E-state index contributed by atoms with van der Waals surface area (Å²) < 4.78 is 11.2. The number of nitrogens with zero attached hydrogens (tertiary/aromatic N) is 1. The topological polar surface area (TPSA) is 64.2 Å². The Bertz CT molecular complexity index is 772. The fraction of sp³-hybridized carbons (Fsp3) is 0.167. The molecule has 5 heteroatoms. The van der Waals surface area contributed by atoms with Gasteiger partial charge < -0.3 is 9.47 Å². The number of benzene rings is 1. The lowest BCUT2D eigenvalue weighted by molar-refractivity contribution is 0.0181. The van der Waals surface area contributed by atoms with Gasteiger partial charge in [-0.25, -0.2) is 4.79 Å². The van der Waals surface area contributed by atoms with Crippen LogP contribution in [0, 0.1) is 0 Å². The van der Waals surface area contributed by atoms with Crippen LogP contribution in [0.25, 0.3) is 0 Å². The highest BCUT2D eigenvalue weighted by atomic mass is 16.6. The van der Waals surface area contributed by atoms with Crippen molar-refractivity contribution in [3.8, 4) is 0 Å². The van der Waals surface area contributed by atoms with Gasteiger partial charge >= 0.3 is 5.97 Å². The van der Waals surface area contributed by atoms with E-state index in [2.05, 4.69) is 15.9 Å². The van der Waals surface area contributed by atoms with Crippen LogP contribution in [0.5, 0.6) is 0 Å². The van der Waals surface area contributed by atoms with Gasteiger partial charge in [0.2, 0.25) is 0 Å². The minimum Gasteiger partial charge on any atom is -0.486 e. The van der Waals surface area contributed by atoms with Crippen molar-refractivity contribution in [2.24, 2.45) is 0 Å². The van der Waals surface area contributed by atoms with Gasteiger partial charge in [-0.3, -0.25) is 5.10 Å². The summed E-state index contributed by atoms with van der Waals surface area (Å²) in [6.07, 6.45) is 6.75. The maximum Gasteiger partial charge on any atom is 0.357 e. The Hall–Kier alpha value is -3.04. The van der Waals surface area contributed by atoms with E-state index in [4.69, 9.17) is 9.47 Å². The first kappa shape index (κ1) is 14.9. The van der Waals surface area contributed by atoms with Gasteiger partial charge in [0, 0.05) is 17.8 Å². The molecule has 0 spiro atoms. The van der Waals surface area contributed by atoms with Crippen molar-refractivity contribution in [1.82, 2.24) is 10.2 Å². The zero-order valence-electron chi connectivity index (χ0n) is 12.7. The van der Waals surface area contributed by atoms with Crippen LogP contribution in [-0.4, -0.2) is 22.8 Å². The first-order valence-electron chi connectivity index (χ1n) is 7.31. The number of hydrogen-bond acceptors (Lipinski definition) is 4. The summed E-state index contributed by atoms with van der Waals surface area (Å²) in [7, 11) is 0. The summed E-state index contributed by atoms with van der Waals surface area (Å²) in [5.74, 6) is 0.116. The van der Waals surface area contributed by atoms with Crippen molar-refractivity contribution in [3.05, 3.63) is 83.6 Å². The van der Waals surface area contributed by atoms with Crippen LogP contribution < -0.4 is 0 Å². The molecule has 0 bridgehead atoms. The number of carbonyl (C=O) groups excluding carboxylic acids is 1. The second kappa shape index (κ2) is 6.38. The van der Waals surface area contributed by atoms with Crippen LogP contribution in [0.1, 0.15) is 23.0 Å². The highest BCUT2D eigenvalue weighted by molar-refractivity contribution is 5.87. The molecule has 1 heterocycles. The lowest BCUT2D eigenvalue weighted by Crippen LogP contribution is -2.29. The quantitative estimate of drug-likeness (QED) is 0.681. The molecule has 3 rings (SSSR count). The lowest BCUT2D eigenvalue weighted by Gasteiger charge is -2.28. The van der Waals surface area contributed by atoms with Gasteiger partial charge in [0.1, 0.15) is 5.69 Å². The number of ether oxygens (including phenoxy) is 2. The standard InChI is InChI=1S/C18H16N2O3/c1-2-22-15-8-11-18(12-9-15,14-6-4-3-5-7-14)23-17(21)16-10-13-19-20-16/h3-8,10-13H,2H2,1H3,(H,19,20). The van der Waals surface area contributed by atoms with Gasteiger partial charge in [-0.05, 0) is 25.1 Å². The summed E-state index contributed by atoms with van der Waals surface area (Å²) in [5.41, 5.74) is 3.14. The maximum atomic E-state index is 12.3. The third-order valence-electron chi connectivity index (χ3n) is 3.42. The Balaban J connectivity index is 1.98. The second-order valence-corrected chi connectivity index (χ2v) is 4.94. The Morgan fingerprint density at radius 1 is 1.30 bits per heavy atom. The Morgan fingerprint density at radius 3 is 2.74 bits per heavy atom. The average molecular weight is 308 g/mol. The predicted molar refractivity (Wildman–Crippen MR) is 84.5 cm³/mol. The number of aromatic nitrogens is 2. The van der Waals surface area contributed by atoms with E-state index in [0.717, 1.165) is 5.56 Å². The van der Waals surface area contributed by atoms with Gasteiger partial charge in [0.05, 0.1) is 6.61 Å². The van der Waals surface area contributed by atoms with Gasteiger partial charge in [0.25, 0.3) is 0 Å². The van der Waals surface area contributed by atoms with Crippen LogP contribution >= 0.6 is 0 Å². The van der Waals surface area contributed by atoms with E-state index < -0.39 is 11.6 Å². The Labute approximate surface area is 133 Å². The summed E-state index contributed by atoms with van der Waals surface area (Å²) >= 11 is 0. The minimum atomic E-state index is -1.02.